The number of thiophene rings is 1. The van der Waals surface area contributed by atoms with Crippen LogP contribution in [0.4, 0.5) is 0 Å². The number of aromatic carboxylic acids is 1. The third-order valence-corrected chi connectivity index (χ3v) is 10.6. The number of pyridine rings is 2. The normalized spacial score (nSPS) is 16.1. The number of carbonyl (C=O) groups is 2. The second-order valence-electron chi connectivity index (χ2n) is 11.3. The molecular formula is C33H32N4O3S2. The van der Waals surface area contributed by atoms with Crippen molar-refractivity contribution in [3.05, 3.63) is 70.7 Å². The summed E-state index contributed by atoms with van der Waals surface area (Å²) in [6.45, 7) is 3.00. The van der Waals surface area contributed by atoms with Crippen LogP contribution in [-0.4, -0.2) is 54.6 Å². The van der Waals surface area contributed by atoms with Gasteiger partial charge in [-0.1, -0.05) is 31.4 Å². The van der Waals surface area contributed by atoms with Crippen LogP contribution >= 0.6 is 23.1 Å². The summed E-state index contributed by atoms with van der Waals surface area (Å²) >= 11 is 3.12. The van der Waals surface area contributed by atoms with E-state index < -0.39 is 5.97 Å². The van der Waals surface area contributed by atoms with Crippen LogP contribution in [0.25, 0.3) is 43.8 Å². The van der Waals surface area contributed by atoms with E-state index in [2.05, 4.69) is 40.7 Å². The first-order chi connectivity index (χ1) is 20.5. The molecule has 1 saturated carbocycles. The number of rotatable bonds is 6. The van der Waals surface area contributed by atoms with E-state index >= 15 is 0 Å². The molecular weight excluding hydrogens is 565 g/mol. The fraction of sp³-hybridized carbons (Fsp3) is 0.333. The topological polar surface area (TPSA) is 88.3 Å². The monoisotopic (exact) mass is 596 g/mol. The second-order valence-corrected chi connectivity index (χ2v) is 13.5. The molecule has 5 aromatic rings. The highest BCUT2D eigenvalue weighted by atomic mass is 32.2. The Hall–Kier alpha value is -3.69. The summed E-state index contributed by atoms with van der Waals surface area (Å²) in [5.41, 5.74) is 7.86. The Bertz CT molecular complexity index is 1830. The summed E-state index contributed by atoms with van der Waals surface area (Å²) in [5, 5.41) is 10.9. The minimum absolute atomic E-state index is 0.0779. The molecule has 2 aliphatic rings. The van der Waals surface area contributed by atoms with Crippen LogP contribution in [0.1, 0.15) is 58.8 Å². The van der Waals surface area contributed by atoms with Crippen LogP contribution in [0.2, 0.25) is 0 Å². The van der Waals surface area contributed by atoms with Crippen LogP contribution in [0.5, 0.6) is 0 Å². The molecule has 1 aliphatic heterocycles. The molecule has 0 unspecified atom stereocenters. The number of carbonyl (C=O) groups excluding carboxylic acids is 1. The predicted molar refractivity (Wildman–Crippen MR) is 170 cm³/mol. The summed E-state index contributed by atoms with van der Waals surface area (Å²) in [7, 11) is 0. The van der Waals surface area contributed by atoms with Gasteiger partial charge >= 0.3 is 5.97 Å². The zero-order valence-corrected chi connectivity index (χ0v) is 25.1. The van der Waals surface area contributed by atoms with Gasteiger partial charge in [0.25, 0.3) is 0 Å². The first-order valence-corrected chi connectivity index (χ1v) is 16.5. The molecule has 0 spiro atoms. The van der Waals surface area contributed by atoms with Crippen molar-refractivity contribution >= 4 is 56.1 Å². The minimum atomic E-state index is -0.920. The van der Waals surface area contributed by atoms with Crippen molar-refractivity contribution in [3.63, 3.8) is 0 Å². The number of nitrogens with zero attached hydrogens (tertiary/aromatic N) is 4. The van der Waals surface area contributed by atoms with Crippen LogP contribution in [-0.2, 0) is 11.3 Å². The molecule has 0 bridgehead atoms. The van der Waals surface area contributed by atoms with E-state index in [1.807, 2.05) is 29.3 Å². The van der Waals surface area contributed by atoms with E-state index in [9.17, 15) is 14.7 Å². The van der Waals surface area contributed by atoms with Crippen LogP contribution in [0.15, 0.2) is 54.7 Å². The van der Waals surface area contributed by atoms with E-state index in [-0.39, 0.29) is 12.5 Å². The van der Waals surface area contributed by atoms with Gasteiger partial charge in [0.1, 0.15) is 11.4 Å². The molecule has 1 amide bonds. The molecule has 9 heteroatoms. The smallest absolute Gasteiger partial charge is 0.345 e. The molecule has 214 valence electrons. The lowest BCUT2D eigenvalue weighted by Gasteiger charge is -2.24. The summed E-state index contributed by atoms with van der Waals surface area (Å²) in [4.78, 5) is 37.3. The van der Waals surface area contributed by atoms with E-state index in [1.54, 1.807) is 17.8 Å². The molecule has 1 aromatic carbocycles. The van der Waals surface area contributed by atoms with E-state index in [4.69, 9.17) is 4.98 Å². The summed E-state index contributed by atoms with van der Waals surface area (Å²) in [5.74, 6) is 1.15. The summed E-state index contributed by atoms with van der Waals surface area (Å²) in [6.07, 6.45) is 7.51. The van der Waals surface area contributed by atoms with Crippen molar-refractivity contribution in [3.8, 4) is 22.6 Å². The number of thioether (sulfide) groups is 1. The second kappa shape index (κ2) is 11.2. The highest BCUT2D eigenvalue weighted by Crippen LogP contribution is 2.47. The standard InChI is InChI=1S/C33H32N4O3S2/c1-20-11-12-34-26(15-20)25-10-7-22-16-23(8-9-24(22)35-25)31-30(21-5-3-2-4-6-21)32-27(17-28(42-32)33(39)40)37(31)18-29(38)36-13-14-41-19-36/h7-12,15-17,21H,2-6,13-14,18-19H2,1H3,(H,39,40). The Balaban J connectivity index is 1.39. The van der Waals surface area contributed by atoms with Crippen molar-refractivity contribution in [2.75, 3.05) is 18.2 Å². The van der Waals surface area contributed by atoms with Crippen LogP contribution in [0.3, 0.4) is 0 Å². The lowest BCUT2D eigenvalue weighted by molar-refractivity contribution is -0.130. The molecule has 5 heterocycles. The molecule has 1 N–H and O–H groups in total. The Labute approximate surface area is 252 Å². The van der Waals surface area contributed by atoms with Crippen molar-refractivity contribution < 1.29 is 14.7 Å². The number of carboxylic acid groups (broad SMARTS) is 1. The van der Waals surface area contributed by atoms with Gasteiger partial charge < -0.3 is 14.6 Å². The summed E-state index contributed by atoms with van der Waals surface area (Å²) < 4.78 is 3.12. The Morgan fingerprint density at radius 1 is 1.02 bits per heavy atom. The van der Waals surface area contributed by atoms with Gasteiger partial charge in [-0.05, 0) is 78.8 Å². The molecule has 4 aromatic heterocycles. The number of aromatic nitrogens is 3. The number of benzene rings is 1. The number of hydrogen-bond donors (Lipinski definition) is 1. The lowest BCUT2D eigenvalue weighted by Crippen LogP contribution is -2.31. The number of aryl methyl sites for hydroxylation is 1. The quantitative estimate of drug-likeness (QED) is 0.218. The molecule has 7 nitrogen and oxygen atoms in total. The maximum atomic E-state index is 13.5. The number of carboxylic acids is 1. The molecule has 2 fully saturated rings. The largest absolute Gasteiger partial charge is 0.477 e. The van der Waals surface area contributed by atoms with E-state index in [0.29, 0.717) is 16.7 Å². The number of hydrogen-bond acceptors (Lipinski definition) is 6. The zero-order chi connectivity index (χ0) is 28.8. The Morgan fingerprint density at radius 2 is 1.88 bits per heavy atom. The van der Waals surface area contributed by atoms with Gasteiger partial charge in [-0.2, -0.15) is 0 Å². The van der Waals surface area contributed by atoms with Gasteiger partial charge in [-0.25, -0.2) is 9.78 Å². The van der Waals surface area contributed by atoms with Crippen molar-refractivity contribution in [1.29, 1.82) is 0 Å². The average Bonchev–Trinajstić information content (AvgIpc) is 3.75. The van der Waals surface area contributed by atoms with Gasteiger partial charge in [-0.15, -0.1) is 23.1 Å². The average molecular weight is 597 g/mol. The number of amides is 1. The zero-order valence-electron chi connectivity index (χ0n) is 23.5. The van der Waals surface area contributed by atoms with Gasteiger partial charge in [0.2, 0.25) is 5.91 Å². The highest BCUT2D eigenvalue weighted by Gasteiger charge is 2.31. The Morgan fingerprint density at radius 3 is 2.64 bits per heavy atom. The van der Waals surface area contributed by atoms with E-state index in [0.717, 1.165) is 87.3 Å². The van der Waals surface area contributed by atoms with Crippen LogP contribution in [0, 0.1) is 6.92 Å². The first-order valence-electron chi connectivity index (χ1n) is 14.6. The third kappa shape index (κ3) is 4.98. The molecule has 7 rings (SSSR count). The van der Waals surface area contributed by atoms with Crippen molar-refractivity contribution in [2.45, 2.75) is 51.5 Å². The van der Waals surface area contributed by atoms with Crippen LogP contribution < -0.4 is 0 Å². The van der Waals surface area contributed by atoms with Crippen molar-refractivity contribution in [1.82, 2.24) is 19.4 Å². The maximum Gasteiger partial charge on any atom is 0.345 e. The van der Waals surface area contributed by atoms with Gasteiger partial charge in [0, 0.05) is 23.9 Å². The highest BCUT2D eigenvalue weighted by molar-refractivity contribution is 7.99. The molecule has 0 radical (unpaired) electrons. The maximum absolute atomic E-state index is 13.5. The molecule has 0 atom stereocenters. The SMILES string of the molecule is Cc1ccnc(-c2ccc3cc(-c4c(C5CCCCC5)c5sc(C(=O)O)cc5n4CC(=O)N4CCSC4)ccc3n2)c1. The van der Waals surface area contributed by atoms with Crippen molar-refractivity contribution in [2.24, 2.45) is 0 Å². The van der Waals surface area contributed by atoms with E-state index in [1.165, 1.54) is 23.3 Å². The van der Waals surface area contributed by atoms with Gasteiger partial charge in [0.15, 0.2) is 0 Å². The summed E-state index contributed by atoms with van der Waals surface area (Å²) in [6, 6.07) is 16.2. The molecule has 42 heavy (non-hydrogen) atoms. The number of fused-ring (bicyclic) bond motifs is 2. The fourth-order valence-corrected chi connectivity index (χ4v) is 8.53. The lowest BCUT2D eigenvalue weighted by atomic mass is 9.83. The Kier molecular flexibility index (Phi) is 7.23. The molecule has 1 aliphatic carbocycles. The first kappa shape index (κ1) is 27.2. The fourth-order valence-electron chi connectivity index (χ4n) is 6.44. The third-order valence-electron chi connectivity index (χ3n) is 8.54. The van der Waals surface area contributed by atoms with Gasteiger partial charge in [0.05, 0.1) is 38.7 Å². The predicted octanol–water partition coefficient (Wildman–Crippen LogP) is 7.57. The van der Waals surface area contributed by atoms with Gasteiger partial charge in [-0.3, -0.25) is 9.78 Å². The molecule has 1 saturated heterocycles. The minimum Gasteiger partial charge on any atom is -0.477 e.